The van der Waals surface area contributed by atoms with Gasteiger partial charge in [0.1, 0.15) is 5.82 Å². The Labute approximate surface area is 216 Å². The predicted molar refractivity (Wildman–Crippen MR) is 129 cm³/mol. The van der Waals surface area contributed by atoms with Crippen LogP contribution in [0.5, 0.6) is 0 Å². The van der Waals surface area contributed by atoms with Crippen LogP contribution in [-0.4, -0.2) is 62.0 Å². The third-order valence-electron chi connectivity index (χ3n) is 5.45. The molecule has 38 heavy (non-hydrogen) atoms. The number of hydrogen-bond donors (Lipinski definition) is 3. The lowest BCUT2D eigenvalue weighted by atomic mass is 9.95. The summed E-state index contributed by atoms with van der Waals surface area (Å²) in [7, 11) is -3.85. The Morgan fingerprint density at radius 3 is 2.00 bits per heavy atom. The fourth-order valence-electron chi connectivity index (χ4n) is 3.43. The van der Waals surface area contributed by atoms with Gasteiger partial charge in [-0.05, 0) is 67.8 Å². The summed E-state index contributed by atoms with van der Waals surface area (Å²) in [4.78, 5) is 35.4. The van der Waals surface area contributed by atoms with E-state index < -0.39 is 28.0 Å². The first kappa shape index (κ1) is 30.5. The van der Waals surface area contributed by atoms with Gasteiger partial charge in [-0.2, -0.15) is 13.2 Å². The second kappa shape index (κ2) is 13.2. The standard InChI is InChI=1S/C22H26FN3O4S.C2HF3O2/c1-2-13-24-21(27)16-11-14-26(15-12-16)22(28)17-3-7-19(8-4-17)25-31(29,30)20-9-5-18(23)6-10-20;3-2(4,5)1(6)7/h3-10,16,25H,2,11-15H2,1H3,(H,24,27);(H,6,7). The van der Waals surface area contributed by atoms with Crippen LogP contribution >= 0.6 is 0 Å². The molecule has 1 fully saturated rings. The number of rotatable bonds is 7. The van der Waals surface area contributed by atoms with E-state index in [2.05, 4.69) is 10.0 Å². The van der Waals surface area contributed by atoms with E-state index in [0.29, 0.717) is 43.7 Å². The number of carbonyl (C=O) groups is 3. The second-order valence-corrected chi connectivity index (χ2v) is 9.98. The molecule has 1 heterocycles. The number of nitrogens with one attached hydrogen (secondary N) is 2. The number of sulfonamides is 1. The lowest BCUT2D eigenvalue weighted by Gasteiger charge is -2.31. The lowest BCUT2D eigenvalue weighted by molar-refractivity contribution is -0.192. The highest BCUT2D eigenvalue weighted by Gasteiger charge is 2.38. The van der Waals surface area contributed by atoms with E-state index in [0.717, 1.165) is 18.6 Å². The van der Waals surface area contributed by atoms with E-state index in [9.17, 15) is 35.6 Å². The van der Waals surface area contributed by atoms with E-state index in [1.165, 1.54) is 24.3 Å². The van der Waals surface area contributed by atoms with Gasteiger partial charge < -0.3 is 15.3 Å². The van der Waals surface area contributed by atoms with E-state index in [1.807, 2.05) is 6.92 Å². The molecule has 1 aliphatic rings. The summed E-state index contributed by atoms with van der Waals surface area (Å²) in [6.45, 7) is 3.67. The van der Waals surface area contributed by atoms with Gasteiger partial charge in [0.05, 0.1) is 4.90 Å². The second-order valence-electron chi connectivity index (χ2n) is 8.30. The van der Waals surface area contributed by atoms with Crippen LogP contribution < -0.4 is 10.0 Å². The molecule has 1 saturated heterocycles. The van der Waals surface area contributed by atoms with Crippen molar-refractivity contribution >= 4 is 33.5 Å². The Hall–Kier alpha value is -3.68. The highest BCUT2D eigenvalue weighted by atomic mass is 32.2. The van der Waals surface area contributed by atoms with Crippen molar-refractivity contribution in [1.82, 2.24) is 10.2 Å². The predicted octanol–water partition coefficient (Wildman–Crippen LogP) is 3.64. The number of nitrogens with zero attached hydrogens (tertiary/aromatic N) is 1. The van der Waals surface area contributed by atoms with Crippen molar-refractivity contribution in [2.45, 2.75) is 37.3 Å². The first-order valence-electron chi connectivity index (χ1n) is 11.5. The molecule has 14 heteroatoms. The highest BCUT2D eigenvalue weighted by Crippen LogP contribution is 2.21. The van der Waals surface area contributed by atoms with Crippen molar-refractivity contribution in [2.24, 2.45) is 5.92 Å². The van der Waals surface area contributed by atoms with Crippen molar-refractivity contribution in [2.75, 3.05) is 24.4 Å². The summed E-state index contributed by atoms with van der Waals surface area (Å²) in [6, 6.07) is 10.7. The summed E-state index contributed by atoms with van der Waals surface area (Å²) in [6.07, 6.45) is -2.95. The van der Waals surface area contributed by atoms with Crippen molar-refractivity contribution < 1.29 is 45.5 Å². The van der Waals surface area contributed by atoms with Crippen LogP contribution in [0.25, 0.3) is 0 Å². The molecule has 0 aliphatic carbocycles. The smallest absolute Gasteiger partial charge is 0.475 e. The number of benzene rings is 2. The van der Waals surface area contributed by atoms with E-state index in [4.69, 9.17) is 9.90 Å². The van der Waals surface area contributed by atoms with Gasteiger partial charge in [0.2, 0.25) is 5.91 Å². The van der Waals surface area contributed by atoms with E-state index >= 15 is 0 Å². The zero-order valence-electron chi connectivity index (χ0n) is 20.3. The number of piperidine rings is 1. The van der Waals surface area contributed by atoms with Crippen LogP contribution in [0.15, 0.2) is 53.4 Å². The number of anilines is 1. The summed E-state index contributed by atoms with van der Waals surface area (Å²) >= 11 is 0. The molecule has 0 saturated carbocycles. The fourth-order valence-corrected chi connectivity index (χ4v) is 4.49. The fraction of sp³-hybridized carbons (Fsp3) is 0.375. The largest absolute Gasteiger partial charge is 0.490 e. The maximum Gasteiger partial charge on any atom is 0.490 e. The van der Waals surface area contributed by atoms with Crippen LogP contribution in [0.1, 0.15) is 36.5 Å². The van der Waals surface area contributed by atoms with E-state index in [-0.39, 0.29) is 22.6 Å². The molecular weight excluding hydrogens is 534 g/mol. The van der Waals surface area contributed by atoms with Crippen molar-refractivity contribution in [3.05, 3.63) is 59.9 Å². The molecule has 2 amide bonds. The Morgan fingerprint density at radius 2 is 1.53 bits per heavy atom. The molecule has 2 aromatic carbocycles. The maximum atomic E-state index is 13.0. The van der Waals surface area contributed by atoms with Gasteiger partial charge in [0.15, 0.2) is 0 Å². The Kier molecular flexibility index (Phi) is 10.6. The SMILES string of the molecule is CCCNC(=O)C1CCN(C(=O)c2ccc(NS(=O)(=O)c3ccc(F)cc3)cc2)CC1.O=C(O)C(F)(F)F. The minimum Gasteiger partial charge on any atom is -0.475 e. The Morgan fingerprint density at radius 1 is 1.00 bits per heavy atom. The van der Waals surface area contributed by atoms with Crippen LogP contribution in [0.3, 0.4) is 0 Å². The number of hydrogen-bond acceptors (Lipinski definition) is 5. The van der Waals surface area contributed by atoms with Crippen molar-refractivity contribution in [3.63, 3.8) is 0 Å². The number of amides is 2. The Balaban J connectivity index is 0.000000638. The van der Waals surface area contributed by atoms with E-state index in [1.54, 1.807) is 17.0 Å². The van der Waals surface area contributed by atoms with Gasteiger partial charge in [-0.25, -0.2) is 17.6 Å². The van der Waals surface area contributed by atoms with Crippen LogP contribution in [0.2, 0.25) is 0 Å². The maximum absolute atomic E-state index is 13.0. The number of aliphatic carboxylic acids is 1. The first-order chi connectivity index (χ1) is 17.7. The summed E-state index contributed by atoms with van der Waals surface area (Å²) < 4.78 is 71.9. The minimum atomic E-state index is -5.08. The molecule has 0 aromatic heterocycles. The number of halogens is 4. The van der Waals surface area contributed by atoms with Crippen molar-refractivity contribution in [1.29, 1.82) is 0 Å². The van der Waals surface area contributed by atoms with Crippen molar-refractivity contribution in [3.8, 4) is 0 Å². The van der Waals surface area contributed by atoms with Crippen LogP contribution in [-0.2, 0) is 19.6 Å². The molecular formula is C24H27F4N3O6S. The average molecular weight is 562 g/mol. The first-order valence-corrected chi connectivity index (χ1v) is 13.0. The van der Waals surface area contributed by atoms with Crippen LogP contribution in [0.4, 0.5) is 23.2 Å². The third kappa shape index (κ3) is 9.01. The van der Waals surface area contributed by atoms with Gasteiger partial charge in [-0.1, -0.05) is 6.92 Å². The average Bonchev–Trinajstić information content (AvgIpc) is 2.87. The molecule has 208 valence electrons. The van der Waals surface area contributed by atoms with Gasteiger partial charge in [-0.15, -0.1) is 0 Å². The zero-order valence-corrected chi connectivity index (χ0v) is 21.1. The molecule has 0 radical (unpaired) electrons. The summed E-state index contributed by atoms with van der Waals surface area (Å²) in [5.41, 5.74) is 0.741. The monoisotopic (exact) mass is 561 g/mol. The number of carboxylic acid groups (broad SMARTS) is 1. The number of likely N-dealkylation sites (tertiary alicyclic amines) is 1. The molecule has 9 nitrogen and oxygen atoms in total. The normalized spacial score (nSPS) is 14.2. The Bertz CT molecular complexity index is 1210. The zero-order chi connectivity index (χ0) is 28.5. The molecule has 3 rings (SSSR count). The third-order valence-corrected chi connectivity index (χ3v) is 6.85. The lowest BCUT2D eigenvalue weighted by Crippen LogP contribution is -2.43. The summed E-state index contributed by atoms with van der Waals surface area (Å²) in [5, 5.41) is 10.0. The molecule has 3 N–H and O–H groups in total. The molecule has 0 unspecified atom stereocenters. The van der Waals surface area contributed by atoms with Gasteiger partial charge >= 0.3 is 12.1 Å². The minimum absolute atomic E-state index is 0.0479. The topological polar surface area (TPSA) is 133 Å². The molecule has 0 atom stereocenters. The van der Waals surface area contributed by atoms with Crippen LogP contribution in [0, 0.1) is 11.7 Å². The van der Waals surface area contributed by atoms with Gasteiger partial charge in [0, 0.05) is 36.8 Å². The number of alkyl halides is 3. The van der Waals surface area contributed by atoms with Gasteiger partial charge in [-0.3, -0.25) is 14.3 Å². The number of carboxylic acids is 1. The quantitative estimate of drug-likeness (QED) is 0.442. The number of carbonyl (C=O) groups excluding carboxylic acids is 2. The molecule has 0 spiro atoms. The summed E-state index contributed by atoms with van der Waals surface area (Å²) in [5.74, 6) is -3.45. The molecule has 0 bridgehead atoms. The molecule has 2 aromatic rings. The molecule has 1 aliphatic heterocycles. The van der Waals surface area contributed by atoms with Gasteiger partial charge in [0.25, 0.3) is 15.9 Å². The highest BCUT2D eigenvalue weighted by molar-refractivity contribution is 7.92.